The Morgan fingerprint density at radius 2 is 1.84 bits per heavy atom. The lowest BCUT2D eigenvalue weighted by Gasteiger charge is -2.11. The molecule has 0 fully saturated rings. The second-order valence-corrected chi connectivity index (χ2v) is 7.13. The second kappa shape index (κ2) is 9.02. The first kappa shape index (κ1) is 20.6. The summed E-state index contributed by atoms with van der Waals surface area (Å²) < 4.78 is 44.5. The van der Waals surface area contributed by atoms with E-state index in [4.69, 9.17) is 4.74 Å². The van der Waals surface area contributed by atoms with Crippen LogP contribution in [0, 0.1) is 11.8 Å². The zero-order valence-corrected chi connectivity index (χ0v) is 16.8. The van der Waals surface area contributed by atoms with Gasteiger partial charge in [-0.3, -0.25) is 0 Å². The molecule has 2 heterocycles. The van der Waals surface area contributed by atoms with E-state index in [1.807, 2.05) is 24.3 Å². The molecule has 0 amide bonds. The molecule has 2 aromatic heterocycles. The molecule has 0 atom stereocenters. The van der Waals surface area contributed by atoms with Gasteiger partial charge in [0.15, 0.2) is 0 Å². The molecule has 156 valence electrons. The summed E-state index contributed by atoms with van der Waals surface area (Å²) in [6, 6.07) is 12.7. The van der Waals surface area contributed by atoms with Crippen molar-refractivity contribution in [1.29, 1.82) is 0 Å². The van der Waals surface area contributed by atoms with E-state index in [0.717, 1.165) is 34.1 Å². The van der Waals surface area contributed by atoms with Crippen molar-refractivity contribution in [3.05, 3.63) is 71.5 Å². The van der Waals surface area contributed by atoms with Crippen LogP contribution in [0.3, 0.4) is 0 Å². The molecular weight excluding hydrogens is 425 g/mol. The maximum Gasteiger partial charge on any atom is 0.419 e. The van der Waals surface area contributed by atoms with Gasteiger partial charge >= 0.3 is 6.18 Å². The maximum absolute atomic E-state index is 13.1. The van der Waals surface area contributed by atoms with Crippen LogP contribution in [0.4, 0.5) is 19.0 Å². The standard InChI is InChI=1S/C22H15F3N4OS/c23-22(24,25)17-9-2-4-11-19(17)30-21-29-15(13-31-21)7-5-6-12-26-20-16-8-1-3-10-18(16)27-14-28-20/h1-4,8-11,13-14H,6,12H2,(H,26,27,28). The number of hydrogen-bond acceptors (Lipinski definition) is 6. The maximum atomic E-state index is 13.1. The number of nitrogens with one attached hydrogen (secondary N) is 1. The monoisotopic (exact) mass is 440 g/mol. The van der Waals surface area contributed by atoms with E-state index in [0.29, 0.717) is 18.7 Å². The quantitative estimate of drug-likeness (QED) is 0.316. The lowest BCUT2D eigenvalue weighted by Crippen LogP contribution is -2.06. The van der Waals surface area contributed by atoms with Crippen molar-refractivity contribution in [3.8, 4) is 22.8 Å². The van der Waals surface area contributed by atoms with Gasteiger partial charge in [0.25, 0.3) is 5.19 Å². The lowest BCUT2D eigenvalue weighted by atomic mass is 10.2. The van der Waals surface area contributed by atoms with Gasteiger partial charge in [-0.15, -0.1) is 0 Å². The fraction of sp³-hybridized carbons (Fsp3) is 0.136. The molecule has 4 rings (SSSR count). The number of benzene rings is 2. The van der Waals surface area contributed by atoms with Crippen molar-refractivity contribution in [2.45, 2.75) is 12.6 Å². The third-order valence-corrected chi connectivity index (χ3v) is 4.89. The number of aromatic nitrogens is 3. The predicted molar refractivity (Wildman–Crippen MR) is 113 cm³/mol. The largest absolute Gasteiger partial charge is 0.430 e. The number of rotatable bonds is 5. The van der Waals surface area contributed by atoms with E-state index < -0.39 is 11.7 Å². The van der Waals surface area contributed by atoms with Crippen molar-refractivity contribution in [2.24, 2.45) is 0 Å². The molecule has 0 radical (unpaired) electrons. The lowest BCUT2D eigenvalue weighted by molar-refractivity contribution is -0.138. The Kier molecular flexibility index (Phi) is 6.00. The van der Waals surface area contributed by atoms with Crippen LogP contribution in [-0.4, -0.2) is 21.5 Å². The number of fused-ring (bicyclic) bond motifs is 1. The van der Waals surface area contributed by atoms with Crippen LogP contribution in [0.25, 0.3) is 10.9 Å². The van der Waals surface area contributed by atoms with Crippen molar-refractivity contribution < 1.29 is 17.9 Å². The molecule has 1 N–H and O–H groups in total. The van der Waals surface area contributed by atoms with Crippen LogP contribution >= 0.6 is 11.3 Å². The van der Waals surface area contributed by atoms with E-state index in [1.54, 1.807) is 5.38 Å². The number of anilines is 1. The summed E-state index contributed by atoms with van der Waals surface area (Å²) in [4.78, 5) is 12.6. The Labute approximate surface area is 180 Å². The van der Waals surface area contributed by atoms with E-state index in [-0.39, 0.29) is 10.9 Å². The summed E-state index contributed by atoms with van der Waals surface area (Å²) in [6.07, 6.45) is -2.47. The second-order valence-electron chi connectivity index (χ2n) is 6.31. The fourth-order valence-corrected chi connectivity index (χ4v) is 3.40. The molecule has 2 aromatic carbocycles. The van der Waals surface area contributed by atoms with Crippen molar-refractivity contribution in [3.63, 3.8) is 0 Å². The summed E-state index contributed by atoms with van der Waals surface area (Å²) in [5.74, 6) is 6.33. The molecule has 9 heteroatoms. The molecule has 0 aliphatic heterocycles. The van der Waals surface area contributed by atoms with E-state index in [9.17, 15) is 13.2 Å². The zero-order valence-electron chi connectivity index (χ0n) is 16.0. The molecule has 0 aliphatic rings. The Morgan fingerprint density at radius 1 is 1.03 bits per heavy atom. The van der Waals surface area contributed by atoms with E-state index in [1.165, 1.54) is 24.5 Å². The average Bonchev–Trinajstić information content (AvgIpc) is 3.20. The molecule has 0 spiro atoms. The number of thiazole rings is 1. The summed E-state index contributed by atoms with van der Waals surface area (Å²) in [5, 5.41) is 5.90. The molecule has 0 saturated carbocycles. The van der Waals surface area contributed by atoms with Crippen LogP contribution in [-0.2, 0) is 6.18 Å². The highest BCUT2D eigenvalue weighted by molar-refractivity contribution is 7.11. The van der Waals surface area contributed by atoms with Crippen LogP contribution < -0.4 is 10.1 Å². The van der Waals surface area contributed by atoms with Gasteiger partial charge in [0.1, 0.15) is 23.6 Å². The Bertz CT molecular complexity index is 1260. The number of halogens is 3. The van der Waals surface area contributed by atoms with Gasteiger partial charge in [-0.05, 0) is 30.2 Å². The molecular formula is C22H15F3N4OS. The molecule has 0 aliphatic carbocycles. The topological polar surface area (TPSA) is 59.9 Å². The summed E-state index contributed by atoms with van der Waals surface area (Å²) in [5.41, 5.74) is 0.450. The SMILES string of the molecule is FC(F)(F)c1ccccc1Oc1nc(C#CCCNc2ncnc3ccccc23)cs1. The van der Waals surface area contributed by atoms with Gasteiger partial charge in [-0.2, -0.15) is 18.2 Å². The number of para-hydroxylation sites is 2. The average molecular weight is 440 g/mol. The summed E-state index contributed by atoms with van der Waals surface area (Å²) >= 11 is 1.09. The highest BCUT2D eigenvalue weighted by atomic mass is 32.1. The summed E-state index contributed by atoms with van der Waals surface area (Å²) in [6.45, 7) is 0.570. The predicted octanol–water partition coefficient (Wildman–Crippen LogP) is 5.75. The number of hydrogen-bond donors (Lipinski definition) is 1. The van der Waals surface area contributed by atoms with Crippen molar-refractivity contribution in [1.82, 2.24) is 15.0 Å². The third kappa shape index (κ3) is 5.10. The molecule has 0 bridgehead atoms. The molecule has 5 nitrogen and oxygen atoms in total. The van der Waals surface area contributed by atoms with Gasteiger partial charge in [0.05, 0.1) is 11.1 Å². The minimum Gasteiger partial charge on any atom is -0.430 e. The summed E-state index contributed by atoms with van der Waals surface area (Å²) in [7, 11) is 0. The number of ether oxygens (including phenoxy) is 1. The normalized spacial score (nSPS) is 11.1. The van der Waals surface area contributed by atoms with Crippen LogP contribution in [0.5, 0.6) is 10.9 Å². The van der Waals surface area contributed by atoms with Gasteiger partial charge in [-0.25, -0.2) is 9.97 Å². The number of nitrogens with zero attached hydrogens (tertiary/aromatic N) is 3. The fourth-order valence-electron chi connectivity index (χ4n) is 2.79. The zero-order chi connectivity index (χ0) is 21.7. The molecule has 4 aromatic rings. The smallest absolute Gasteiger partial charge is 0.419 e. The minimum absolute atomic E-state index is 0.103. The first-order chi connectivity index (χ1) is 15.0. The minimum atomic E-state index is -4.50. The van der Waals surface area contributed by atoms with Gasteiger partial charge in [0, 0.05) is 23.7 Å². The van der Waals surface area contributed by atoms with Crippen LogP contribution in [0.2, 0.25) is 0 Å². The Balaban J connectivity index is 1.35. The van der Waals surface area contributed by atoms with Crippen LogP contribution in [0.1, 0.15) is 17.7 Å². The Hall–Kier alpha value is -3.64. The highest BCUT2D eigenvalue weighted by Crippen LogP contribution is 2.38. The molecule has 0 unspecified atom stereocenters. The highest BCUT2D eigenvalue weighted by Gasteiger charge is 2.34. The third-order valence-electron chi connectivity index (χ3n) is 4.17. The van der Waals surface area contributed by atoms with Crippen LogP contribution in [0.15, 0.2) is 60.2 Å². The van der Waals surface area contributed by atoms with Gasteiger partial charge in [-0.1, -0.05) is 41.5 Å². The van der Waals surface area contributed by atoms with E-state index in [2.05, 4.69) is 32.1 Å². The molecule has 31 heavy (non-hydrogen) atoms. The van der Waals surface area contributed by atoms with Crippen molar-refractivity contribution >= 4 is 28.1 Å². The first-order valence-corrected chi connectivity index (χ1v) is 10.1. The first-order valence-electron chi connectivity index (χ1n) is 9.23. The van der Waals surface area contributed by atoms with Gasteiger partial charge < -0.3 is 10.1 Å². The Morgan fingerprint density at radius 3 is 2.71 bits per heavy atom. The molecule has 0 saturated heterocycles. The number of alkyl halides is 3. The van der Waals surface area contributed by atoms with Crippen molar-refractivity contribution in [2.75, 3.05) is 11.9 Å². The van der Waals surface area contributed by atoms with E-state index >= 15 is 0 Å². The van der Waals surface area contributed by atoms with Gasteiger partial charge in [0.2, 0.25) is 0 Å².